The summed E-state index contributed by atoms with van der Waals surface area (Å²) in [6.07, 6.45) is 4.11. The largest absolute Gasteiger partial charge is 0.497 e. The van der Waals surface area contributed by atoms with Crippen LogP contribution in [0.2, 0.25) is 0 Å². The van der Waals surface area contributed by atoms with Gasteiger partial charge in [0.2, 0.25) is 0 Å². The Morgan fingerprint density at radius 1 is 1.29 bits per heavy atom. The zero-order chi connectivity index (χ0) is 14.7. The van der Waals surface area contributed by atoms with Gasteiger partial charge in [0.25, 0.3) is 0 Å². The standard InChI is InChI=1S/C17H22N2O2/c1-3-18-17-13(11-21-14-5-4-6-14)9-12-7-8-15(20-2)10-16(12)19-17/h7-10,14H,3-6,11H2,1-2H3,(H,18,19). The molecule has 1 aromatic carbocycles. The molecule has 4 nitrogen and oxygen atoms in total. The van der Waals surface area contributed by atoms with Gasteiger partial charge in [-0.3, -0.25) is 0 Å². The number of fused-ring (bicyclic) bond motifs is 1. The molecule has 1 heterocycles. The first kappa shape index (κ1) is 14.1. The number of hydrogen-bond donors (Lipinski definition) is 1. The molecule has 0 spiro atoms. The summed E-state index contributed by atoms with van der Waals surface area (Å²) in [6, 6.07) is 8.14. The lowest BCUT2D eigenvalue weighted by Crippen LogP contribution is -2.21. The third-order valence-electron chi connectivity index (χ3n) is 3.97. The minimum Gasteiger partial charge on any atom is -0.497 e. The molecule has 1 fully saturated rings. The van der Waals surface area contributed by atoms with Crippen LogP contribution in [-0.2, 0) is 11.3 Å². The number of pyridine rings is 1. The van der Waals surface area contributed by atoms with E-state index in [0.717, 1.165) is 34.6 Å². The number of rotatable bonds is 6. The maximum atomic E-state index is 5.94. The fraction of sp³-hybridized carbons (Fsp3) is 0.471. The minimum atomic E-state index is 0.436. The molecule has 3 rings (SSSR count). The van der Waals surface area contributed by atoms with Crippen molar-refractivity contribution in [2.24, 2.45) is 0 Å². The molecule has 0 saturated heterocycles. The maximum Gasteiger partial charge on any atom is 0.132 e. The van der Waals surface area contributed by atoms with Crippen LogP contribution in [0.1, 0.15) is 31.7 Å². The molecule has 2 aromatic rings. The second kappa shape index (κ2) is 6.31. The Hall–Kier alpha value is -1.81. The highest BCUT2D eigenvalue weighted by atomic mass is 16.5. The van der Waals surface area contributed by atoms with Crippen LogP contribution in [0.25, 0.3) is 10.9 Å². The molecule has 1 aliphatic carbocycles. The molecule has 1 N–H and O–H groups in total. The van der Waals surface area contributed by atoms with Crippen molar-refractivity contribution in [1.29, 1.82) is 0 Å². The Kier molecular flexibility index (Phi) is 4.25. The van der Waals surface area contributed by atoms with Crippen molar-refractivity contribution in [3.63, 3.8) is 0 Å². The molecule has 0 radical (unpaired) electrons. The lowest BCUT2D eigenvalue weighted by Gasteiger charge is -2.26. The molecule has 0 atom stereocenters. The molecule has 0 amide bonds. The Morgan fingerprint density at radius 2 is 2.14 bits per heavy atom. The van der Waals surface area contributed by atoms with Crippen molar-refractivity contribution in [3.8, 4) is 5.75 Å². The molecule has 4 heteroatoms. The molecule has 112 valence electrons. The van der Waals surface area contributed by atoms with E-state index in [2.05, 4.69) is 18.3 Å². The maximum absolute atomic E-state index is 5.94. The predicted octanol–water partition coefficient (Wildman–Crippen LogP) is 3.74. The van der Waals surface area contributed by atoms with Crippen LogP contribution in [0, 0.1) is 0 Å². The summed E-state index contributed by atoms with van der Waals surface area (Å²) in [5, 5.41) is 4.45. The van der Waals surface area contributed by atoms with Gasteiger partial charge >= 0.3 is 0 Å². The normalized spacial score (nSPS) is 15.0. The topological polar surface area (TPSA) is 43.4 Å². The first-order valence-electron chi connectivity index (χ1n) is 7.63. The van der Waals surface area contributed by atoms with E-state index in [1.165, 1.54) is 19.3 Å². The van der Waals surface area contributed by atoms with Gasteiger partial charge in [0.05, 0.1) is 25.3 Å². The van der Waals surface area contributed by atoms with E-state index in [4.69, 9.17) is 14.5 Å². The summed E-state index contributed by atoms with van der Waals surface area (Å²) in [6.45, 7) is 3.55. The average Bonchev–Trinajstić information content (AvgIpc) is 2.45. The lowest BCUT2D eigenvalue weighted by molar-refractivity contribution is -0.00847. The van der Waals surface area contributed by atoms with Crippen molar-refractivity contribution < 1.29 is 9.47 Å². The van der Waals surface area contributed by atoms with Gasteiger partial charge in [-0.25, -0.2) is 4.98 Å². The van der Waals surface area contributed by atoms with Gasteiger partial charge in [-0.05, 0) is 44.4 Å². The van der Waals surface area contributed by atoms with Crippen LogP contribution < -0.4 is 10.1 Å². The van der Waals surface area contributed by atoms with E-state index in [0.29, 0.717) is 12.7 Å². The third-order valence-corrected chi connectivity index (χ3v) is 3.97. The van der Waals surface area contributed by atoms with E-state index in [1.54, 1.807) is 7.11 Å². The van der Waals surface area contributed by atoms with Gasteiger partial charge < -0.3 is 14.8 Å². The minimum absolute atomic E-state index is 0.436. The van der Waals surface area contributed by atoms with Crippen LogP contribution in [0.5, 0.6) is 5.75 Å². The van der Waals surface area contributed by atoms with Gasteiger partial charge in [0.1, 0.15) is 11.6 Å². The molecular weight excluding hydrogens is 264 g/mol. The SMILES string of the molecule is CCNc1nc2cc(OC)ccc2cc1COC1CCC1. The van der Waals surface area contributed by atoms with E-state index in [-0.39, 0.29) is 0 Å². The van der Waals surface area contributed by atoms with Crippen LogP contribution in [0.15, 0.2) is 24.3 Å². The molecule has 0 bridgehead atoms. The summed E-state index contributed by atoms with van der Waals surface area (Å²) in [5.41, 5.74) is 2.07. The van der Waals surface area contributed by atoms with Crippen molar-refractivity contribution in [2.75, 3.05) is 19.0 Å². The molecule has 0 aliphatic heterocycles. The van der Waals surface area contributed by atoms with E-state index in [1.807, 2.05) is 18.2 Å². The van der Waals surface area contributed by atoms with Crippen LogP contribution in [0.4, 0.5) is 5.82 Å². The molecule has 1 aromatic heterocycles. The summed E-state index contributed by atoms with van der Waals surface area (Å²) < 4.78 is 11.2. The Bertz CT molecular complexity index is 623. The van der Waals surface area contributed by atoms with Crippen molar-refractivity contribution in [2.45, 2.75) is 38.9 Å². The number of aromatic nitrogens is 1. The van der Waals surface area contributed by atoms with Gasteiger partial charge in [0.15, 0.2) is 0 Å². The molecule has 21 heavy (non-hydrogen) atoms. The van der Waals surface area contributed by atoms with Gasteiger partial charge in [-0.2, -0.15) is 0 Å². The van der Waals surface area contributed by atoms with Crippen molar-refractivity contribution >= 4 is 16.7 Å². The van der Waals surface area contributed by atoms with Crippen LogP contribution >= 0.6 is 0 Å². The highest BCUT2D eigenvalue weighted by molar-refractivity contribution is 5.83. The quantitative estimate of drug-likeness (QED) is 0.878. The fourth-order valence-corrected chi connectivity index (χ4v) is 2.49. The Balaban J connectivity index is 1.90. The second-order valence-corrected chi connectivity index (χ2v) is 5.45. The van der Waals surface area contributed by atoms with Gasteiger partial charge in [0, 0.05) is 23.6 Å². The third kappa shape index (κ3) is 3.10. The highest BCUT2D eigenvalue weighted by Gasteiger charge is 2.18. The summed E-state index contributed by atoms with van der Waals surface area (Å²) in [5.74, 6) is 1.74. The fourth-order valence-electron chi connectivity index (χ4n) is 2.49. The zero-order valence-corrected chi connectivity index (χ0v) is 12.7. The zero-order valence-electron chi connectivity index (χ0n) is 12.7. The average molecular weight is 286 g/mol. The summed E-state index contributed by atoms with van der Waals surface area (Å²) in [7, 11) is 1.67. The number of nitrogens with zero attached hydrogens (tertiary/aromatic N) is 1. The molecule has 1 saturated carbocycles. The smallest absolute Gasteiger partial charge is 0.132 e. The van der Waals surface area contributed by atoms with E-state index < -0.39 is 0 Å². The Morgan fingerprint density at radius 3 is 2.81 bits per heavy atom. The summed E-state index contributed by atoms with van der Waals surface area (Å²) >= 11 is 0. The van der Waals surface area contributed by atoms with Crippen LogP contribution in [0.3, 0.4) is 0 Å². The van der Waals surface area contributed by atoms with Gasteiger partial charge in [-0.15, -0.1) is 0 Å². The van der Waals surface area contributed by atoms with Gasteiger partial charge in [-0.1, -0.05) is 0 Å². The van der Waals surface area contributed by atoms with Crippen LogP contribution in [-0.4, -0.2) is 24.7 Å². The first-order chi connectivity index (χ1) is 10.3. The summed E-state index contributed by atoms with van der Waals surface area (Å²) in [4.78, 5) is 4.72. The number of hydrogen-bond acceptors (Lipinski definition) is 4. The van der Waals surface area contributed by atoms with E-state index >= 15 is 0 Å². The predicted molar refractivity (Wildman–Crippen MR) is 84.9 cm³/mol. The highest BCUT2D eigenvalue weighted by Crippen LogP contribution is 2.27. The number of ether oxygens (including phenoxy) is 2. The van der Waals surface area contributed by atoms with Crippen molar-refractivity contribution in [1.82, 2.24) is 4.98 Å². The number of benzene rings is 1. The first-order valence-corrected chi connectivity index (χ1v) is 7.63. The molecular formula is C17H22N2O2. The number of nitrogens with one attached hydrogen (secondary N) is 1. The second-order valence-electron chi connectivity index (χ2n) is 5.45. The van der Waals surface area contributed by atoms with Crippen molar-refractivity contribution in [3.05, 3.63) is 29.8 Å². The monoisotopic (exact) mass is 286 g/mol. The molecule has 1 aliphatic rings. The number of anilines is 1. The number of methoxy groups -OCH3 is 1. The Labute approximate surface area is 125 Å². The van der Waals surface area contributed by atoms with E-state index in [9.17, 15) is 0 Å². The molecule has 0 unspecified atom stereocenters. The lowest BCUT2D eigenvalue weighted by atomic mass is 9.96.